The van der Waals surface area contributed by atoms with E-state index in [4.69, 9.17) is 9.47 Å². The Morgan fingerprint density at radius 3 is 2.67 bits per heavy atom. The Bertz CT molecular complexity index is 1320. The fourth-order valence-electron chi connectivity index (χ4n) is 4.97. The van der Waals surface area contributed by atoms with Crippen LogP contribution in [-0.4, -0.2) is 62.1 Å². The van der Waals surface area contributed by atoms with Gasteiger partial charge >= 0.3 is 0 Å². The van der Waals surface area contributed by atoms with E-state index in [9.17, 15) is 8.42 Å². The molecule has 4 heterocycles. The number of thiophene rings is 1. The summed E-state index contributed by atoms with van der Waals surface area (Å²) in [6.07, 6.45) is 5.00. The molecule has 174 valence electrons. The van der Waals surface area contributed by atoms with Crippen LogP contribution in [0.2, 0.25) is 0 Å². The molecular weight excluding hydrogens is 460 g/mol. The molecule has 0 saturated carbocycles. The molecule has 10 heteroatoms. The lowest BCUT2D eigenvalue weighted by molar-refractivity contribution is 0.171. The summed E-state index contributed by atoms with van der Waals surface area (Å²) in [5, 5.41) is 1.17. The van der Waals surface area contributed by atoms with Crippen molar-refractivity contribution in [2.45, 2.75) is 31.1 Å². The first-order valence-corrected chi connectivity index (χ1v) is 13.7. The maximum Gasteiger partial charge on any atom is 0.243 e. The molecule has 3 aromatic rings. The second-order valence-electron chi connectivity index (χ2n) is 8.93. The van der Waals surface area contributed by atoms with Gasteiger partial charge in [-0.25, -0.2) is 18.4 Å². The molecule has 1 aromatic carbocycles. The monoisotopic (exact) mass is 486 g/mol. The van der Waals surface area contributed by atoms with Gasteiger partial charge in [0.05, 0.1) is 10.3 Å². The van der Waals surface area contributed by atoms with Crippen molar-refractivity contribution in [3.8, 4) is 11.5 Å². The number of anilines is 1. The van der Waals surface area contributed by atoms with Gasteiger partial charge in [0, 0.05) is 37.1 Å². The van der Waals surface area contributed by atoms with Crippen molar-refractivity contribution in [3.05, 3.63) is 35.0 Å². The highest BCUT2D eigenvalue weighted by Crippen LogP contribution is 2.41. The van der Waals surface area contributed by atoms with Crippen LogP contribution in [-0.2, 0) is 22.9 Å². The molecule has 0 spiro atoms. The van der Waals surface area contributed by atoms with Gasteiger partial charge in [0.2, 0.25) is 10.0 Å². The van der Waals surface area contributed by atoms with Gasteiger partial charge in [0.25, 0.3) is 0 Å². The van der Waals surface area contributed by atoms with E-state index in [1.165, 1.54) is 22.2 Å². The molecule has 3 aliphatic rings. The highest BCUT2D eigenvalue weighted by Gasteiger charge is 2.32. The quantitative estimate of drug-likeness (QED) is 0.562. The second-order valence-corrected chi connectivity index (χ2v) is 11.9. The Kier molecular flexibility index (Phi) is 5.19. The molecule has 1 atom stereocenters. The van der Waals surface area contributed by atoms with Crippen LogP contribution in [0.1, 0.15) is 23.8 Å². The van der Waals surface area contributed by atoms with E-state index >= 15 is 0 Å². The van der Waals surface area contributed by atoms with Crippen LogP contribution in [0.25, 0.3) is 10.2 Å². The smallest absolute Gasteiger partial charge is 0.243 e. The van der Waals surface area contributed by atoms with Gasteiger partial charge in [-0.3, -0.25) is 0 Å². The number of nitrogens with zero attached hydrogens (tertiary/aromatic N) is 4. The predicted octanol–water partition coefficient (Wildman–Crippen LogP) is 3.10. The Morgan fingerprint density at radius 1 is 1.06 bits per heavy atom. The van der Waals surface area contributed by atoms with E-state index < -0.39 is 10.0 Å². The van der Waals surface area contributed by atoms with Crippen LogP contribution in [0.4, 0.5) is 5.82 Å². The number of sulfonamides is 1. The molecule has 8 nitrogen and oxygen atoms in total. The number of benzene rings is 1. The zero-order valence-corrected chi connectivity index (χ0v) is 20.1. The van der Waals surface area contributed by atoms with Crippen molar-refractivity contribution in [3.63, 3.8) is 0 Å². The normalized spacial score (nSPS) is 21.2. The number of hydrogen-bond donors (Lipinski definition) is 0. The van der Waals surface area contributed by atoms with Crippen LogP contribution in [0.15, 0.2) is 29.4 Å². The highest BCUT2D eigenvalue weighted by molar-refractivity contribution is 7.89. The zero-order valence-electron chi connectivity index (χ0n) is 18.5. The number of ether oxygens (including phenoxy) is 2. The van der Waals surface area contributed by atoms with E-state index in [1.54, 1.807) is 40.2 Å². The fraction of sp³-hybridized carbons (Fsp3) is 0.478. The second kappa shape index (κ2) is 8.11. The third kappa shape index (κ3) is 3.64. The van der Waals surface area contributed by atoms with Crippen LogP contribution < -0.4 is 14.4 Å². The summed E-state index contributed by atoms with van der Waals surface area (Å²) >= 11 is 1.79. The van der Waals surface area contributed by atoms with Gasteiger partial charge in [-0.1, -0.05) is 6.92 Å². The molecule has 1 fully saturated rings. The number of hydrogen-bond acceptors (Lipinski definition) is 8. The van der Waals surface area contributed by atoms with E-state index in [-0.39, 0.29) is 4.90 Å². The molecule has 0 unspecified atom stereocenters. The molecule has 1 saturated heterocycles. The number of fused-ring (bicyclic) bond motifs is 4. The number of aryl methyl sites for hydroxylation is 1. The number of aromatic nitrogens is 2. The van der Waals surface area contributed by atoms with Gasteiger partial charge in [-0.15, -0.1) is 11.3 Å². The fourth-order valence-corrected chi connectivity index (χ4v) is 7.75. The maximum absolute atomic E-state index is 13.3. The lowest BCUT2D eigenvalue weighted by Gasteiger charge is -2.35. The Balaban J connectivity index is 1.24. The van der Waals surface area contributed by atoms with Crippen molar-refractivity contribution in [1.29, 1.82) is 0 Å². The maximum atomic E-state index is 13.3. The summed E-state index contributed by atoms with van der Waals surface area (Å²) in [5.74, 6) is 2.73. The minimum Gasteiger partial charge on any atom is -0.486 e. The van der Waals surface area contributed by atoms with Crippen molar-refractivity contribution in [1.82, 2.24) is 14.3 Å². The number of piperazine rings is 1. The summed E-state index contributed by atoms with van der Waals surface area (Å²) in [6, 6.07) is 4.85. The van der Waals surface area contributed by atoms with Crippen LogP contribution in [0, 0.1) is 5.92 Å². The molecule has 0 amide bonds. The van der Waals surface area contributed by atoms with Gasteiger partial charge in [0.1, 0.15) is 30.2 Å². The van der Waals surface area contributed by atoms with Gasteiger partial charge < -0.3 is 14.4 Å². The van der Waals surface area contributed by atoms with Crippen molar-refractivity contribution >= 4 is 37.4 Å². The first kappa shape index (κ1) is 21.1. The summed E-state index contributed by atoms with van der Waals surface area (Å²) in [6.45, 7) is 5.21. The predicted molar refractivity (Wildman–Crippen MR) is 127 cm³/mol. The molecule has 6 rings (SSSR count). The van der Waals surface area contributed by atoms with E-state index in [2.05, 4.69) is 21.8 Å². The van der Waals surface area contributed by atoms with Gasteiger partial charge in [-0.05, 0) is 42.9 Å². The molecule has 1 aliphatic carbocycles. The van der Waals surface area contributed by atoms with E-state index in [1.807, 2.05) is 0 Å². The minimum absolute atomic E-state index is 0.241. The van der Waals surface area contributed by atoms with Crippen LogP contribution >= 0.6 is 11.3 Å². The summed E-state index contributed by atoms with van der Waals surface area (Å²) < 4.78 is 39.2. The Hall–Kier alpha value is -2.43. The van der Waals surface area contributed by atoms with Crippen molar-refractivity contribution in [2.24, 2.45) is 5.92 Å². The number of rotatable bonds is 3. The third-order valence-electron chi connectivity index (χ3n) is 6.76. The van der Waals surface area contributed by atoms with Gasteiger partial charge in [-0.2, -0.15) is 4.31 Å². The van der Waals surface area contributed by atoms with E-state index in [0.717, 1.165) is 23.5 Å². The molecule has 0 N–H and O–H groups in total. The molecule has 0 bridgehead atoms. The summed E-state index contributed by atoms with van der Waals surface area (Å²) in [5.41, 5.74) is 1.40. The first-order chi connectivity index (χ1) is 16.0. The van der Waals surface area contributed by atoms with Crippen molar-refractivity contribution in [2.75, 3.05) is 44.3 Å². The largest absolute Gasteiger partial charge is 0.486 e. The zero-order chi connectivity index (χ0) is 22.6. The van der Waals surface area contributed by atoms with Crippen LogP contribution in [0.5, 0.6) is 11.5 Å². The lowest BCUT2D eigenvalue weighted by atomic mass is 9.89. The first-order valence-electron chi connectivity index (χ1n) is 11.4. The molecule has 0 radical (unpaired) electrons. The average Bonchev–Trinajstić information content (AvgIpc) is 3.21. The Morgan fingerprint density at radius 2 is 1.85 bits per heavy atom. The van der Waals surface area contributed by atoms with Crippen LogP contribution in [0.3, 0.4) is 0 Å². The highest BCUT2D eigenvalue weighted by atomic mass is 32.2. The molecule has 2 aromatic heterocycles. The minimum atomic E-state index is -3.61. The topological polar surface area (TPSA) is 84.9 Å². The molecular formula is C23H26N4O4S2. The summed E-state index contributed by atoms with van der Waals surface area (Å²) in [4.78, 5) is 14.1. The SMILES string of the molecule is C[C@H]1CCc2c(sc3ncnc(N4CCN(S(=O)(=O)c5ccc6c(c5)OCCO6)CC4)c23)C1. The standard InChI is InChI=1S/C23H26N4O4S2/c1-15-2-4-17-20(12-15)32-23-21(17)22(24-14-25-23)26-6-8-27(9-7-26)33(28,29)16-3-5-18-19(13-16)31-11-10-30-18/h3,5,13-15H,2,4,6-12H2,1H3/t15-/m0/s1. The third-order valence-corrected chi connectivity index (χ3v) is 9.82. The van der Waals surface area contributed by atoms with E-state index in [0.29, 0.717) is 56.8 Å². The van der Waals surface area contributed by atoms with Gasteiger partial charge in [0.15, 0.2) is 11.5 Å². The Labute approximate surface area is 197 Å². The summed E-state index contributed by atoms with van der Waals surface area (Å²) in [7, 11) is -3.61. The van der Waals surface area contributed by atoms with Crippen molar-refractivity contribution < 1.29 is 17.9 Å². The lowest BCUT2D eigenvalue weighted by Crippen LogP contribution is -2.49. The molecule has 33 heavy (non-hydrogen) atoms. The average molecular weight is 487 g/mol. The molecule has 2 aliphatic heterocycles.